The van der Waals surface area contributed by atoms with E-state index in [2.05, 4.69) is 32.9 Å². The lowest BCUT2D eigenvalue weighted by atomic mass is 10.0. The van der Waals surface area contributed by atoms with Crippen molar-refractivity contribution in [3.05, 3.63) is 107 Å². The number of benzene rings is 3. The summed E-state index contributed by atoms with van der Waals surface area (Å²) in [5.41, 5.74) is 5.61. The molecule has 5 rings (SSSR count). The van der Waals surface area contributed by atoms with E-state index in [0.717, 1.165) is 38.2 Å². The zero-order chi connectivity index (χ0) is 24.0. The molecule has 0 amide bonds. The van der Waals surface area contributed by atoms with E-state index in [1.165, 1.54) is 0 Å². The molecule has 2 N–H and O–H groups in total. The first-order valence-electron chi connectivity index (χ1n) is 10.9. The molecule has 2 heterocycles. The molecular formula is C26H21N4O2S3-. The van der Waals surface area contributed by atoms with E-state index < -0.39 is 11.3 Å². The molecule has 0 aliphatic carbocycles. The van der Waals surface area contributed by atoms with Gasteiger partial charge in [0.1, 0.15) is 5.01 Å². The van der Waals surface area contributed by atoms with E-state index in [0.29, 0.717) is 12.1 Å². The topological polar surface area (TPSA) is 90.0 Å². The largest absolute Gasteiger partial charge is 0.755 e. The van der Waals surface area contributed by atoms with Crippen LogP contribution < -0.4 is 10.0 Å². The van der Waals surface area contributed by atoms with E-state index in [9.17, 15) is 8.76 Å². The summed E-state index contributed by atoms with van der Waals surface area (Å²) in [6.07, 6.45) is 0.666. The van der Waals surface area contributed by atoms with E-state index in [1.807, 2.05) is 60.7 Å². The van der Waals surface area contributed by atoms with Crippen LogP contribution in [0.15, 0.2) is 95.7 Å². The van der Waals surface area contributed by atoms with Crippen LogP contribution in [0.1, 0.15) is 17.3 Å². The fraction of sp³-hybridized carbons (Fsp3) is 0.0769. The minimum absolute atomic E-state index is 0.106. The fourth-order valence-electron chi connectivity index (χ4n) is 3.66. The second kappa shape index (κ2) is 10.9. The zero-order valence-corrected chi connectivity index (χ0v) is 20.9. The van der Waals surface area contributed by atoms with Gasteiger partial charge in [-0.15, -0.1) is 22.7 Å². The Morgan fingerprint density at radius 1 is 0.829 bits per heavy atom. The number of rotatable bonds is 9. The lowest BCUT2D eigenvalue weighted by Crippen LogP contribution is -2.14. The summed E-state index contributed by atoms with van der Waals surface area (Å²) >= 11 is 0.835. The third kappa shape index (κ3) is 6.01. The second-order valence-corrected chi connectivity index (χ2v) is 10.2. The maximum atomic E-state index is 10.9. The van der Waals surface area contributed by atoms with Crippen molar-refractivity contribution < 1.29 is 8.76 Å². The van der Waals surface area contributed by atoms with Crippen molar-refractivity contribution >= 4 is 44.8 Å². The van der Waals surface area contributed by atoms with Gasteiger partial charge in [0.05, 0.1) is 17.4 Å². The highest BCUT2D eigenvalue weighted by atomic mass is 32.2. The molecule has 3 aromatic carbocycles. The first-order valence-corrected chi connectivity index (χ1v) is 13.7. The summed E-state index contributed by atoms with van der Waals surface area (Å²) in [5, 5.41) is 9.51. The number of hydrogen-bond acceptors (Lipinski definition) is 7. The zero-order valence-electron chi connectivity index (χ0n) is 18.5. The van der Waals surface area contributed by atoms with Crippen molar-refractivity contribution in [3.8, 4) is 21.8 Å². The first kappa shape index (κ1) is 23.4. The van der Waals surface area contributed by atoms with Crippen molar-refractivity contribution in [1.82, 2.24) is 9.97 Å². The highest BCUT2D eigenvalue weighted by Gasteiger charge is 2.19. The minimum Gasteiger partial charge on any atom is -0.755 e. The molecule has 0 saturated heterocycles. The van der Waals surface area contributed by atoms with Crippen LogP contribution in [0.4, 0.5) is 10.8 Å². The SMILES string of the molecule is O=S([O-])Nc1ccc(C[C@H](Nc2nc(-c3ccccc3)cs2)c2csc(-c3ccccc3)n2)cc1. The average Bonchev–Trinajstić information content (AvgIpc) is 3.56. The summed E-state index contributed by atoms with van der Waals surface area (Å²) in [7, 11) is 0. The summed E-state index contributed by atoms with van der Waals surface area (Å²) in [6.45, 7) is 0. The first-order chi connectivity index (χ1) is 17.1. The summed E-state index contributed by atoms with van der Waals surface area (Å²) in [4.78, 5) is 9.74. The molecule has 0 aliphatic rings. The molecule has 0 radical (unpaired) electrons. The Morgan fingerprint density at radius 2 is 1.51 bits per heavy atom. The second-order valence-electron chi connectivity index (χ2n) is 7.78. The van der Waals surface area contributed by atoms with Gasteiger partial charge in [-0.05, 0) is 24.1 Å². The van der Waals surface area contributed by atoms with E-state index in [4.69, 9.17) is 9.97 Å². The molecule has 9 heteroatoms. The fourth-order valence-corrected chi connectivity index (χ4v) is 5.64. The van der Waals surface area contributed by atoms with E-state index in [1.54, 1.807) is 34.8 Å². The van der Waals surface area contributed by atoms with Crippen molar-refractivity contribution in [1.29, 1.82) is 0 Å². The van der Waals surface area contributed by atoms with Gasteiger partial charge in [0.2, 0.25) is 0 Å². The summed E-state index contributed by atoms with van der Waals surface area (Å²) in [5.74, 6) is 0. The number of thiazole rings is 2. The summed E-state index contributed by atoms with van der Waals surface area (Å²) in [6, 6.07) is 27.5. The third-order valence-electron chi connectivity index (χ3n) is 5.37. The average molecular weight is 518 g/mol. The molecule has 0 saturated carbocycles. The molecule has 5 aromatic rings. The molecular weight excluding hydrogens is 497 g/mol. The van der Waals surface area contributed by atoms with E-state index >= 15 is 0 Å². The lowest BCUT2D eigenvalue weighted by Gasteiger charge is -2.17. The predicted molar refractivity (Wildman–Crippen MR) is 144 cm³/mol. The lowest BCUT2D eigenvalue weighted by molar-refractivity contribution is 0.542. The molecule has 0 fully saturated rings. The van der Waals surface area contributed by atoms with Crippen LogP contribution in [0.5, 0.6) is 0 Å². The predicted octanol–water partition coefficient (Wildman–Crippen LogP) is 6.54. The van der Waals surface area contributed by atoms with Crippen molar-refractivity contribution in [2.75, 3.05) is 10.0 Å². The van der Waals surface area contributed by atoms with Gasteiger partial charge in [-0.2, -0.15) is 0 Å². The molecule has 2 aromatic heterocycles. The van der Waals surface area contributed by atoms with Gasteiger partial charge in [0, 0.05) is 38.8 Å². The molecule has 1 unspecified atom stereocenters. The summed E-state index contributed by atoms with van der Waals surface area (Å²) < 4.78 is 24.2. The molecule has 2 atom stereocenters. The van der Waals surface area contributed by atoms with Gasteiger partial charge < -0.3 is 14.6 Å². The standard InChI is InChI=1S/C26H22N4O2S3/c31-35(32)30-21-13-11-18(12-14-21)15-22(24-17-33-25(27-24)20-9-5-2-6-10-20)28-26-29-23(16-34-26)19-7-3-1-4-8-19/h1-14,16-17,22,30H,15H2,(H,28,29)(H,31,32)/p-1/t22-/m0/s1. The van der Waals surface area contributed by atoms with Gasteiger partial charge in [-0.1, -0.05) is 72.8 Å². The van der Waals surface area contributed by atoms with E-state index in [-0.39, 0.29) is 6.04 Å². The van der Waals surface area contributed by atoms with Crippen molar-refractivity contribution in [2.24, 2.45) is 0 Å². The Hall–Kier alpha value is -3.37. The van der Waals surface area contributed by atoms with Crippen molar-refractivity contribution in [2.45, 2.75) is 12.5 Å². The minimum atomic E-state index is -2.35. The smallest absolute Gasteiger partial charge is 0.183 e. The maximum absolute atomic E-state index is 10.9. The molecule has 35 heavy (non-hydrogen) atoms. The van der Waals surface area contributed by atoms with Crippen LogP contribution in [0.25, 0.3) is 21.8 Å². The third-order valence-corrected chi connectivity index (χ3v) is 7.45. The number of nitrogens with zero attached hydrogens (tertiary/aromatic N) is 2. The Morgan fingerprint density at radius 3 is 2.20 bits per heavy atom. The van der Waals surface area contributed by atoms with Gasteiger partial charge in [-0.3, -0.25) is 4.21 Å². The number of aromatic nitrogens is 2. The maximum Gasteiger partial charge on any atom is 0.183 e. The molecule has 0 aliphatic heterocycles. The molecule has 176 valence electrons. The van der Waals surface area contributed by atoms with Crippen LogP contribution in [-0.4, -0.2) is 18.7 Å². The molecule has 0 bridgehead atoms. The molecule has 6 nitrogen and oxygen atoms in total. The number of hydrogen-bond donors (Lipinski definition) is 2. The van der Waals surface area contributed by atoms with Gasteiger partial charge >= 0.3 is 0 Å². The Labute approximate surface area is 214 Å². The van der Waals surface area contributed by atoms with Gasteiger partial charge in [-0.25, -0.2) is 9.97 Å². The Kier molecular flexibility index (Phi) is 7.29. The van der Waals surface area contributed by atoms with Crippen LogP contribution >= 0.6 is 22.7 Å². The number of anilines is 2. The number of nitrogens with one attached hydrogen (secondary N) is 2. The normalized spacial score (nSPS) is 12.7. The van der Waals surface area contributed by atoms with Gasteiger partial charge in [0.15, 0.2) is 5.13 Å². The van der Waals surface area contributed by atoms with Crippen LogP contribution in [0.2, 0.25) is 0 Å². The monoisotopic (exact) mass is 517 g/mol. The van der Waals surface area contributed by atoms with Crippen LogP contribution in [0.3, 0.4) is 0 Å². The highest BCUT2D eigenvalue weighted by Crippen LogP contribution is 2.32. The van der Waals surface area contributed by atoms with Crippen LogP contribution in [0, 0.1) is 0 Å². The Balaban J connectivity index is 1.41. The van der Waals surface area contributed by atoms with Crippen LogP contribution in [-0.2, 0) is 17.7 Å². The van der Waals surface area contributed by atoms with Crippen molar-refractivity contribution in [3.63, 3.8) is 0 Å². The van der Waals surface area contributed by atoms with Gasteiger partial charge in [0.25, 0.3) is 0 Å². The highest BCUT2D eigenvalue weighted by molar-refractivity contribution is 7.80. The Bertz CT molecular complexity index is 1400. The quantitative estimate of drug-likeness (QED) is 0.217. The molecule has 0 spiro atoms.